The summed E-state index contributed by atoms with van der Waals surface area (Å²) in [6, 6.07) is 39.8. The Hall–Kier alpha value is -10.2. The molecule has 0 saturated carbocycles. The van der Waals surface area contributed by atoms with E-state index in [0.717, 1.165) is 106 Å². The number of halogens is 10. The molecule has 9 rings (SSSR count). The minimum absolute atomic E-state index is 0. The number of ether oxygens (including phenoxy) is 5. The van der Waals surface area contributed by atoms with Gasteiger partial charge in [0.05, 0.1) is 46.2 Å². The van der Waals surface area contributed by atoms with E-state index in [-0.39, 0.29) is 40.7 Å². The van der Waals surface area contributed by atoms with Crippen molar-refractivity contribution in [2.75, 3.05) is 94.8 Å². The summed E-state index contributed by atoms with van der Waals surface area (Å²) in [4.78, 5) is 86.3. The fourth-order valence-corrected chi connectivity index (χ4v) is 10.1. The summed E-state index contributed by atoms with van der Waals surface area (Å²) in [5.41, 5.74) is 12.1. The summed E-state index contributed by atoms with van der Waals surface area (Å²) >= 11 is 15.0. The molecule has 0 aliphatic rings. The van der Waals surface area contributed by atoms with E-state index >= 15 is 0 Å². The van der Waals surface area contributed by atoms with Gasteiger partial charge in [0.15, 0.2) is 0 Å². The van der Waals surface area contributed by atoms with E-state index in [1.807, 2.05) is 155 Å². The Morgan fingerprint density at radius 2 is 0.768 bits per heavy atom. The predicted molar refractivity (Wildman–Crippen MR) is 548 cm³/mol. The molecule has 0 spiro atoms. The van der Waals surface area contributed by atoms with Crippen molar-refractivity contribution in [3.8, 4) is 29.4 Å². The van der Waals surface area contributed by atoms with Gasteiger partial charge in [0.25, 0.3) is 0 Å². The number of aliphatic carboxylic acids is 4. The number of aromatic nitrogens is 9. The molecule has 0 bridgehead atoms. The minimum atomic E-state index is -5.08. The number of aliphatic hydroxyl groups excluding tert-OH is 2. The molecule has 9 aromatic heterocycles. The van der Waals surface area contributed by atoms with Crippen LogP contribution in [-0.2, 0) is 58.7 Å². The average Bonchev–Trinajstić information content (AvgIpc) is 0.912. The monoisotopic (exact) mass is 2200 g/mol. The number of pyridine rings is 9. The normalized spacial score (nSPS) is 10.9. The topological polar surface area (TPSA) is 437 Å². The summed E-state index contributed by atoms with van der Waals surface area (Å²) < 4.78 is 103. The van der Waals surface area contributed by atoms with Crippen LogP contribution in [-0.4, -0.2) is 196 Å². The zero-order valence-electron chi connectivity index (χ0n) is 79.3. The summed E-state index contributed by atoms with van der Waals surface area (Å²) in [5, 5.41) is 55.0. The first-order chi connectivity index (χ1) is 65.6. The lowest BCUT2D eigenvalue weighted by molar-refractivity contribution is -0.193. The molecule has 0 aliphatic carbocycles. The standard InChI is InChI=1S/2C18H23N3O3.C13H21NO2.C13H19NO2.C8H11BrNO2P.C5H3Br2N.C5H6N2.C5H10.C4H7Cl.C3H9O2P.2C2HF3O2.2H2/c2*1-14(12-18(22)23)11-15-6-7-17(21-13-15)24-10-4-9-20-16-5-2-3-8-19-16;2*1-3-11(2)9-12-5-6-13(14-10-12)16-8-4-7-15;9-7-2-3-8(10-6-7)11-4-1-5-12-13;6-4-1-2-5(7)8-3-4;6-5-3-1-2-4-7-5;1-4-5(2)3;1-4(2)3-5;4-2-1-3-5-6;2*3-2(4,5)1(6)7;;/h2*2-3,5-8,13-14H,4,9-12H2,1H3,(H,19,20)(H,22,23);5-6,10-11,15H,3-4,7-9H2,1-2H3;5-7,10-11H,3-4,8-9H2,1-2H3;2-3,6H,1,4-5,13H2;1-3H;1-4H,(H2,6,7);2,4H2,1,3H3;1,3H2,2H3;4H,1-3,6H2;2*(H,6,7);2*1H/i;;;;;;;;;;;;2*1+2. The Morgan fingerprint density at radius 3 is 1.01 bits per heavy atom. The number of nitrogens with one attached hydrogen (secondary N) is 2. The zero-order valence-corrected chi connectivity index (χ0v) is 87.2. The number of carboxylic acids is 4. The molecule has 0 aromatic carbocycles. The molecule has 6 unspecified atom stereocenters. The SMILES string of the molecule is Brc1ccc(Br)nc1.C=C(C)CC.C=C(C)CCl.CC(CC(=O)O)Cc1ccc(OCCCNc2ccccn2)nc1.CC(CC(=O)O)Cc1ccc(OCCCNc2ccccn2)nc1.CCC(C)Cc1ccc(OCCC=O)nc1.CCC(C)Cc1ccc(OCCCO)nc1.Nc1ccccn1.O=C(O)C(F)(F)F.O=C(O)C(F)(F)F.OCCCOP.POCCCOc1ccc(Br)cn1.[3HH].[3HH]. The minimum Gasteiger partial charge on any atom is -0.481 e. The fourth-order valence-electron chi connectivity index (χ4n) is 9.07. The predicted octanol–water partition coefficient (Wildman–Crippen LogP) is 22.5. The number of hydrogen-bond acceptors (Lipinski definition) is 26. The van der Waals surface area contributed by atoms with E-state index in [1.54, 1.807) is 49.4 Å². The van der Waals surface area contributed by atoms with E-state index in [2.05, 4.69) is 181 Å². The van der Waals surface area contributed by atoms with Crippen LogP contribution in [0, 0.1) is 23.7 Å². The highest BCUT2D eigenvalue weighted by Gasteiger charge is 2.39. The molecule has 0 saturated heterocycles. The van der Waals surface area contributed by atoms with Gasteiger partial charge in [0.2, 0.25) is 29.4 Å². The highest BCUT2D eigenvalue weighted by atomic mass is 79.9. The maximum atomic E-state index is 10.7. The Balaban J connectivity index is -0.000000491. The van der Waals surface area contributed by atoms with E-state index in [1.165, 1.54) is 29.5 Å². The maximum absolute atomic E-state index is 10.7. The van der Waals surface area contributed by atoms with Gasteiger partial charge in [0, 0.05) is 181 Å². The number of allylic oxidation sites excluding steroid dienone is 2. The number of carbonyl (C=O) groups excluding carboxylic acids is 1. The van der Waals surface area contributed by atoms with Gasteiger partial charge in [-0.05, 0) is 214 Å². The van der Waals surface area contributed by atoms with Gasteiger partial charge < -0.3 is 84.5 Å². The van der Waals surface area contributed by atoms with Crippen LogP contribution >= 0.6 is 78.3 Å². The van der Waals surface area contributed by atoms with Crippen LogP contribution in [0.25, 0.3) is 0 Å². The van der Waals surface area contributed by atoms with E-state index < -0.39 is 36.2 Å². The van der Waals surface area contributed by atoms with Crippen LogP contribution in [0.4, 0.5) is 43.8 Å². The van der Waals surface area contributed by atoms with Crippen molar-refractivity contribution in [1.29, 1.82) is 0 Å². The van der Waals surface area contributed by atoms with E-state index in [9.17, 15) is 40.7 Å². The van der Waals surface area contributed by atoms with E-state index in [4.69, 9.17) is 85.8 Å². The third kappa shape index (κ3) is 83.9. The molecule has 770 valence electrons. The van der Waals surface area contributed by atoms with Crippen molar-refractivity contribution in [3.05, 3.63) is 243 Å². The van der Waals surface area contributed by atoms with Gasteiger partial charge in [-0.1, -0.05) is 121 Å². The Kier molecular flexibility index (Phi) is 82.2. The van der Waals surface area contributed by atoms with Crippen molar-refractivity contribution in [2.45, 2.75) is 171 Å². The smallest absolute Gasteiger partial charge is 0.481 e. The number of nitrogens with zero attached hydrogens (tertiary/aromatic N) is 9. The van der Waals surface area contributed by atoms with Crippen LogP contribution in [0.5, 0.6) is 29.4 Å². The molecule has 9 aromatic rings. The maximum Gasteiger partial charge on any atom is 0.490 e. The van der Waals surface area contributed by atoms with Crippen LogP contribution < -0.4 is 40.1 Å². The van der Waals surface area contributed by atoms with Crippen LogP contribution in [0.2, 0.25) is 0 Å². The average molecular weight is 2200 g/mol. The molecule has 42 heteroatoms. The van der Waals surface area contributed by atoms with Gasteiger partial charge in [-0.25, -0.2) is 54.4 Å². The number of hydrogen-bond donors (Lipinski definition) is 9. The van der Waals surface area contributed by atoms with Crippen molar-refractivity contribution >= 4 is 126 Å². The summed E-state index contributed by atoms with van der Waals surface area (Å²) in [6.45, 7) is 31.9. The van der Waals surface area contributed by atoms with Crippen molar-refractivity contribution in [2.24, 2.45) is 23.7 Å². The number of nitrogens with two attached hydrogens (primary N) is 1. The van der Waals surface area contributed by atoms with Crippen LogP contribution in [0.15, 0.2) is 221 Å². The highest BCUT2D eigenvalue weighted by molar-refractivity contribution is 9.11. The highest BCUT2D eigenvalue weighted by Crippen LogP contribution is 2.21. The summed E-state index contributed by atoms with van der Waals surface area (Å²) in [6.07, 6.45) is 18.2. The quantitative estimate of drug-likeness (QED) is 0.00326. The van der Waals surface area contributed by atoms with Gasteiger partial charge in [-0.2, -0.15) is 26.3 Å². The first kappa shape index (κ1) is 132. The third-order valence-electron chi connectivity index (χ3n) is 16.6. The number of carboxylic acid groups (broad SMARTS) is 4. The fraction of sp³-hybridized carbons (Fsp3) is 0.438. The molecular formula is C96H138Br3ClF6N12O18P2. The summed E-state index contributed by atoms with van der Waals surface area (Å²) in [7, 11) is 4.32. The van der Waals surface area contributed by atoms with Crippen molar-refractivity contribution < 1.29 is 117 Å². The molecule has 6 atom stereocenters. The van der Waals surface area contributed by atoms with Gasteiger partial charge >= 0.3 is 36.2 Å². The molecule has 0 fully saturated rings. The lowest BCUT2D eigenvalue weighted by atomic mass is 9.99. The first-order valence-electron chi connectivity index (χ1n) is 43.6. The Bertz CT molecular complexity index is 4380. The molecule has 10 N–H and O–H groups in total. The van der Waals surface area contributed by atoms with Crippen LogP contribution in [0.3, 0.4) is 0 Å². The van der Waals surface area contributed by atoms with Gasteiger partial charge in [-0.3, -0.25) is 9.59 Å². The molecule has 0 amide bonds. The third-order valence-corrected chi connectivity index (χ3v) is 18.9. The zero-order chi connectivity index (χ0) is 104. The number of aliphatic hydroxyl groups is 2. The first-order valence-corrected chi connectivity index (χ1v) is 47.5. The number of aldehydes is 1. The molecular weight excluding hydrogens is 2060 g/mol. The largest absolute Gasteiger partial charge is 0.490 e. The van der Waals surface area contributed by atoms with Gasteiger partial charge in [0.1, 0.15) is 28.3 Å². The van der Waals surface area contributed by atoms with E-state index in [0.29, 0.717) is 125 Å². The molecule has 0 radical (unpaired) electrons. The van der Waals surface area contributed by atoms with Crippen molar-refractivity contribution in [1.82, 2.24) is 44.9 Å². The number of rotatable bonds is 44. The molecule has 30 nitrogen and oxygen atoms in total. The Labute approximate surface area is 844 Å². The lowest BCUT2D eigenvalue weighted by Gasteiger charge is -2.10. The number of anilines is 3. The molecule has 0 aliphatic heterocycles. The second kappa shape index (κ2) is 85.9. The Morgan fingerprint density at radius 1 is 0.457 bits per heavy atom. The molecule has 9 heterocycles. The number of alkyl halides is 7. The second-order valence-corrected chi connectivity index (χ2v) is 33.2. The number of nitrogen functional groups attached to an aromatic ring is 1. The summed E-state index contributed by atoms with van der Waals surface area (Å²) in [5.74, 6) is 0.431. The van der Waals surface area contributed by atoms with Crippen LogP contribution in [0.1, 0.15) is 158 Å². The number of carbonyl (C=O) groups is 5. The van der Waals surface area contributed by atoms with Gasteiger partial charge in [-0.15, -0.1) is 18.2 Å². The van der Waals surface area contributed by atoms with Crippen molar-refractivity contribution in [3.63, 3.8) is 0 Å². The molecule has 138 heavy (non-hydrogen) atoms. The lowest BCUT2D eigenvalue weighted by Crippen LogP contribution is -2.21. The second-order valence-electron chi connectivity index (χ2n) is 29.6.